The SMILES string of the molecule is CC(C)(C)c1ccc(OCC(=O)N/N=C/c2ccccc2OCc2ccccc2)cc1. The van der Waals surface area contributed by atoms with Crippen molar-refractivity contribution in [3.05, 3.63) is 95.6 Å². The Kier molecular flexibility index (Phi) is 7.44. The highest BCUT2D eigenvalue weighted by molar-refractivity contribution is 5.85. The molecule has 0 aromatic heterocycles. The van der Waals surface area contributed by atoms with E-state index in [0.29, 0.717) is 18.1 Å². The summed E-state index contributed by atoms with van der Waals surface area (Å²) in [6, 6.07) is 25.2. The summed E-state index contributed by atoms with van der Waals surface area (Å²) in [6.07, 6.45) is 1.57. The number of hydrogen-bond donors (Lipinski definition) is 1. The van der Waals surface area contributed by atoms with Crippen molar-refractivity contribution in [2.24, 2.45) is 5.10 Å². The summed E-state index contributed by atoms with van der Waals surface area (Å²) in [4.78, 5) is 12.0. The molecular weight excluding hydrogens is 388 g/mol. The number of amides is 1. The second-order valence-corrected chi connectivity index (χ2v) is 8.17. The topological polar surface area (TPSA) is 59.9 Å². The first kappa shape index (κ1) is 22.1. The van der Waals surface area contributed by atoms with Crippen molar-refractivity contribution < 1.29 is 14.3 Å². The molecule has 0 spiro atoms. The number of hydrogen-bond acceptors (Lipinski definition) is 4. The summed E-state index contributed by atoms with van der Waals surface area (Å²) in [5.74, 6) is 1.00. The van der Waals surface area contributed by atoms with Gasteiger partial charge < -0.3 is 9.47 Å². The number of carbonyl (C=O) groups is 1. The van der Waals surface area contributed by atoms with E-state index in [1.807, 2.05) is 78.9 Å². The summed E-state index contributed by atoms with van der Waals surface area (Å²) in [5.41, 5.74) is 5.63. The standard InChI is InChI=1S/C26H28N2O3/c1-26(2,3)22-13-15-23(16-14-22)30-19-25(29)28-27-17-21-11-7-8-12-24(21)31-18-20-9-5-4-6-10-20/h4-17H,18-19H2,1-3H3,(H,28,29)/b27-17+. The Morgan fingerprint density at radius 1 is 0.903 bits per heavy atom. The first-order valence-corrected chi connectivity index (χ1v) is 10.2. The molecule has 0 heterocycles. The fourth-order valence-corrected chi connectivity index (χ4v) is 2.86. The number of nitrogens with one attached hydrogen (secondary N) is 1. The Balaban J connectivity index is 1.49. The van der Waals surface area contributed by atoms with Gasteiger partial charge in [0.1, 0.15) is 18.1 Å². The van der Waals surface area contributed by atoms with Crippen LogP contribution in [0, 0.1) is 0 Å². The van der Waals surface area contributed by atoms with Gasteiger partial charge in [0.05, 0.1) is 6.21 Å². The van der Waals surface area contributed by atoms with Crippen LogP contribution in [0.2, 0.25) is 0 Å². The highest BCUT2D eigenvalue weighted by atomic mass is 16.5. The number of nitrogens with zero attached hydrogens (tertiary/aromatic N) is 1. The van der Waals surface area contributed by atoms with Gasteiger partial charge in [-0.2, -0.15) is 5.10 Å². The quantitative estimate of drug-likeness (QED) is 0.411. The average Bonchev–Trinajstić information content (AvgIpc) is 2.77. The third-order valence-corrected chi connectivity index (χ3v) is 4.64. The van der Waals surface area contributed by atoms with E-state index in [9.17, 15) is 4.79 Å². The third kappa shape index (κ3) is 7.00. The van der Waals surface area contributed by atoms with Gasteiger partial charge in [-0.1, -0.05) is 75.4 Å². The smallest absolute Gasteiger partial charge is 0.277 e. The Morgan fingerprint density at radius 3 is 2.29 bits per heavy atom. The van der Waals surface area contributed by atoms with Crippen LogP contribution in [-0.4, -0.2) is 18.7 Å². The number of hydrazone groups is 1. The zero-order chi connectivity index (χ0) is 22.1. The minimum absolute atomic E-state index is 0.0751. The summed E-state index contributed by atoms with van der Waals surface area (Å²) in [6.45, 7) is 6.80. The second-order valence-electron chi connectivity index (χ2n) is 8.17. The molecule has 0 radical (unpaired) electrons. The molecule has 3 aromatic rings. The van der Waals surface area contributed by atoms with Gasteiger partial charge in [0.2, 0.25) is 0 Å². The molecule has 0 saturated carbocycles. The van der Waals surface area contributed by atoms with E-state index in [4.69, 9.17) is 9.47 Å². The van der Waals surface area contributed by atoms with Gasteiger partial charge in [0.15, 0.2) is 6.61 Å². The lowest BCUT2D eigenvalue weighted by atomic mass is 9.87. The molecule has 0 bridgehead atoms. The maximum atomic E-state index is 12.0. The van der Waals surface area contributed by atoms with Crippen LogP contribution in [0.4, 0.5) is 0 Å². The predicted octanol–water partition coefficient (Wildman–Crippen LogP) is 5.09. The van der Waals surface area contributed by atoms with E-state index in [1.165, 1.54) is 5.56 Å². The van der Waals surface area contributed by atoms with Gasteiger partial charge in [-0.3, -0.25) is 4.79 Å². The molecule has 0 unspecified atom stereocenters. The molecule has 5 heteroatoms. The molecule has 1 N–H and O–H groups in total. The van der Waals surface area contributed by atoms with Gasteiger partial charge in [0.25, 0.3) is 5.91 Å². The van der Waals surface area contributed by atoms with Gasteiger partial charge in [-0.05, 0) is 40.8 Å². The Bertz CT molecular complexity index is 1010. The molecule has 5 nitrogen and oxygen atoms in total. The molecule has 31 heavy (non-hydrogen) atoms. The van der Waals surface area contributed by atoms with Crippen LogP contribution in [0.5, 0.6) is 11.5 Å². The molecule has 0 atom stereocenters. The first-order chi connectivity index (χ1) is 14.9. The van der Waals surface area contributed by atoms with Crippen LogP contribution in [-0.2, 0) is 16.8 Å². The van der Waals surface area contributed by atoms with Crippen molar-refractivity contribution in [2.45, 2.75) is 32.8 Å². The van der Waals surface area contributed by atoms with Crippen LogP contribution in [0.15, 0.2) is 84.0 Å². The molecule has 3 rings (SSSR count). The highest BCUT2D eigenvalue weighted by Crippen LogP contribution is 2.24. The number of ether oxygens (including phenoxy) is 2. The van der Waals surface area contributed by atoms with Crippen LogP contribution in [0.1, 0.15) is 37.5 Å². The lowest BCUT2D eigenvalue weighted by Crippen LogP contribution is -2.24. The van der Waals surface area contributed by atoms with Crippen molar-refractivity contribution >= 4 is 12.1 Å². The number of para-hydroxylation sites is 1. The largest absolute Gasteiger partial charge is 0.488 e. The summed E-state index contributed by atoms with van der Waals surface area (Å²) >= 11 is 0. The van der Waals surface area contributed by atoms with Crippen LogP contribution in [0.25, 0.3) is 0 Å². The molecular formula is C26H28N2O3. The fraction of sp³-hybridized carbons (Fsp3) is 0.231. The van der Waals surface area contributed by atoms with Crippen LogP contribution < -0.4 is 14.9 Å². The van der Waals surface area contributed by atoms with E-state index in [2.05, 4.69) is 31.3 Å². The molecule has 0 saturated heterocycles. The zero-order valence-electron chi connectivity index (χ0n) is 18.2. The minimum atomic E-state index is -0.334. The zero-order valence-corrected chi connectivity index (χ0v) is 18.2. The van der Waals surface area contributed by atoms with E-state index in [1.54, 1.807) is 6.21 Å². The van der Waals surface area contributed by atoms with E-state index >= 15 is 0 Å². The fourth-order valence-electron chi connectivity index (χ4n) is 2.86. The monoisotopic (exact) mass is 416 g/mol. The third-order valence-electron chi connectivity index (χ3n) is 4.64. The van der Waals surface area contributed by atoms with Crippen LogP contribution >= 0.6 is 0 Å². The van der Waals surface area contributed by atoms with Gasteiger partial charge >= 0.3 is 0 Å². The van der Waals surface area contributed by atoms with Crippen molar-refractivity contribution in [1.29, 1.82) is 0 Å². The number of carbonyl (C=O) groups excluding carboxylic acids is 1. The summed E-state index contributed by atoms with van der Waals surface area (Å²) in [5, 5.41) is 4.03. The lowest BCUT2D eigenvalue weighted by molar-refractivity contribution is -0.123. The molecule has 0 fully saturated rings. The molecule has 0 aliphatic rings. The van der Waals surface area contributed by atoms with Crippen molar-refractivity contribution in [2.75, 3.05) is 6.61 Å². The van der Waals surface area contributed by atoms with E-state index in [-0.39, 0.29) is 17.9 Å². The number of rotatable bonds is 8. The highest BCUT2D eigenvalue weighted by Gasteiger charge is 2.13. The normalized spacial score (nSPS) is 11.3. The average molecular weight is 417 g/mol. The lowest BCUT2D eigenvalue weighted by Gasteiger charge is -2.19. The first-order valence-electron chi connectivity index (χ1n) is 10.2. The van der Waals surface area contributed by atoms with Crippen molar-refractivity contribution in [3.8, 4) is 11.5 Å². The van der Waals surface area contributed by atoms with E-state index < -0.39 is 0 Å². The predicted molar refractivity (Wildman–Crippen MR) is 124 cm³/mol. The number of benzene rings is 3. The van der Waals surface area contributed by atoms with Gasteiger partial charge in [-0.15, -0.1) is 0 Å². The molecule has 0 aliphatic heterocycles. The van der Waals surface area contributed by atoms with Crippen molar-refractivity contribution in [1.82, 2.24) is 5.43 Å². The molecule has 160 valence electrons. The van der Waals surface area contributed by atoms with Gasteiger partial charge in [-0.25, -0.2) is 5.43 Å². The molecule has 3 aromatic carbocycles. The molecule has 1 amide bonds. The Hall–Kier alpha value is -3.60. The maximum absolute atomic E-state index is 12.0. The molecule has 0 aliphatic carbocycles. The van der Waals surface area contributed by atoms with Gasteiger partial charge in [0, 0.05) is 5.56 Å². The van der Waals surface area contributed by atoms with Crippen LogP contribution in [0.3, 0.4) is 0 Å². The Labute approximate surface area is 183 Å². The summed E-state index contributed by atoms with van der Waals surface area (Å²) in [7, 11) is 0. The summed E-state index contributed by atoms with van der Waals surface area (Å²) < 4.78 is 11.4. The second kappa shape index (κ2) is 10.4. The maximum Gasteiger partial charge on any atom is 0.277 e. The van der Waals surface area contributed by atoms with E-state index in [0.717, 1.165) is 11.1 Å². The Morgan fingerprint density at radius 2 is 1.58 bits per heavy atom. The van der Waals surface area contributed by atoms with Crippen molar-refractivity contribution in [3.63, 3.8) is 0 Å². The minimum Gasteiger partial charge on any atom is -0.488 e.